The minimum absolute atomic E-state index is 0.0157. The van der Waals surface area contributed by atoms with E-state index in [0.717, 1.165) is 9.26 Å². The molecular weight excluding hydrogens is 389 g/mol. The van der Waals surface area contributed by atoms with Crippen LogP contribution >= 0.6 is 34.2 Å². The molecule has 0 fully saturated rings. The second-order valence-corrected chi connectivity index (χ2v) is 6.16. The normalized spacial score (nSPS) is 10.7. The van der Waals surface area contributed by atoms with Crippen molar-refractivity contribution in [1.82, 2.24) is 4.98 Å². The first-order valence-electron chi connectivity index (χ1n) is 6.11. The van der Waals surface area contributed by atoms with Gasteiger partial charge in [0.05, 0.1) is 22.5 Å². The van der Waals surface area contributed by atoms with Gasteiger partial charge < -0.3 is 15.8 Å². The Morgan fingerprint density at radius 1 is 1.30 bits per heavy atom. The fourth-order valence-electron chi connectivity index (χ4n) is 1.57. The fourth-order valence-corrected chi connectivity index (χ4v) is 2.47. The lowest BCUT2D eigenvalue weighted by molar-refractivity contribution is 0.234. The van der Waals surface area contributed by atoms with Gasteiger partial charge in [-0.1, -0.05) is 11.6 Å². The third-order valence-corrected chi connectivity index (χ3v) is 3.41. The van der Waals surface area contributed by atoms with E-state index in [-0.39, 0.29) is 6.10 Å². The van der Waals surface area contributed by atoms with Crippen LogP contribution in [0.3, 0.4) is 0 Å². The van der Waals surface area contributed by atoms with E-state index in [4.69, 9.17) is 22.1 Å². The standard InChI is InChI=1S/C14H15ClIN3O/c1-8(2)20-14-11(17)4-6-13(19-14)18-12-5-3-9(16)7-10(12)15/h3-8H,17H2,1-2H3,(H,18,19). The molecule has 3 N–H and O–H groups in total. The van der Waals surface area contributed by atoms with Crippen LogP contribution in [-0.4, -0.2) is 11.1 Å². The van der Waals surface area contributed by atoms with Crippen LogP contribution in [0, 0.1) is 3.57 Å². The van der Waals surface area contributed by atoms with Gasteiger partial charge in [-0.3, -0.25) is 0 Å². The number of nitrogens with one attached hydrogen (secondary N) is 1. The van der Waals surface area contributed by atoms with Crippen LogP contribution in [0.2, 0.25) is 5.02 Å². The fraction of sp³-hybridized carbons (Fsp3) is 0.214. The number of nitrogen functional groups attached to an aromatic ring is 1. The molecule has 6 heteroatoms. The van der Waals surface area contributed by atoms with Crippen molar-refractivity contribution in [2.24, 2.45) is 0 Å². The molecule has 0 aliphatic heterocycles. The van der Waals surface area contributed by atoms with E-state index in [1.807, 2.05) is 32.0 Å². The van der Waals surface area contributed by atoms with E-state index in [1.54, 1.807) is 12.1 Å². The van der Waals surface area contributed by atoms with Crippen LogP contribution in [0.1, 0.15) is 13.8 Å². The maximum Gasteiger partial charge on any atom is 0.239 e. The SMILES string of the molecule is CC(C)Oc1nc(Nc2ccc(I)cc2Cl)ccc1N. The molecule has 1 aromatic heterocycles. The number of aromatic nitrogens is 1. The Morgan fingerprint density at radius 2 is 2.05 bits per heavy atom. The molecule has 20 heavy (non-hydrogen) atoms. The van der Waals surface area contributed by atoms with Crippen LogP contribution in [0.25, 0.3) is 0 Å². The van der Waals surface area contributed by atoms with Gasteiger partial charge in [-0.15, -0.1) is 0 Å². The second kappa shape index (κ2) is 6.49. The van der Waals surface area contributed by atoms with Gasteiger partial charge in [-0.25, -0.2) is 0 Å². The molecular formula is C14H15ClIN3O. The quantitative estimate of drug-likeness (QED) is 0.740. The lowest BCUT2D eigenvalue weighted by atomic mass is 10.3. The Morgan fingerprint density at radius 3 is 2.70 bits per heavy atom. The molecule has 0 saturated heterocycles. The van der Waals surface area contributed by atoms with Crippen LogP contribution in [0.4, 0.5) is 17.2 Å². The van der Waals surface area contributed by atoms with E-state index in [9.17, 15) is 0 Å². The van der Waals surface area contributed by atoms with E-state index < -0.39 is 0 Å². The minimum Gasteiger partial charge on any atom is -0.473 e. The summed E-state index contributed by atoms with van der Waals surface area (Å²) in [6.45, 7) is 3.86. The predicted molar refractivity (Wildman–Crippen MR) is 91.9 cm³/mol. The van der Waals surface area contributed by atoms with Gasteiger partial charge in [0.25, 0.3) is 0 Å². The van der Waals surface area contributed by atoms with Gasteiger partial charge in [0.15, 0.2) is 0 Å². The maximum atomic E-state index is 6.18. The predicted octanol–water partition coefficient (Wildman–Crippen LogP) is 4.45. The number of hydrogen-bond donors (Lipinski definition) is 2. The molecule has 1 heterocycles. The number of pyridine rings is 1. The van der Waals surface area contributed by atoms with Gasteiger partial charge in [-0.05, 0) is 66.8 Å². The van der Waals surface area contributed by atoms with Gasteiger partial charge in [-0.2, -0.15) is 4.98 Å². The largest absolute Gasteiger partial charge is 0.473 e. The summed E-state index contributed by atoms with van der Waals surface area (Å²) >= 11 is 8.40. The number of benzene rings is 1. The molecule has 0 spiro atoms. The summed E-state index contributed by atoms with van der Waals surface area (Å²) in [6.07, 6.45) is 0.0157. The topological polar surface area (TPSA) is 60.2 Å². The molecule has 0 radical (unpaired) electrons. The number of rotatable bonds is 4. The van der Waals surface area contributed by atoms with Gasteiger partial charge in [0, 0.05) is 3.57 Å². The van der Waals surface area contributed by atoms with Crippen molar-refractivity contribution in [2.75, 3.05) is 11.1 Å². The average molecular weight is 404 g/mol. The molecule has 2 aromatic rings. The van der Waals surface area contributed by atoms with Gasteiger partial charge in [0.2, 0.25) is 5.88 Å². The highest BCUT2D eigenvalue weighted by atomic mass is 127. The lowest BCUT2D eigenvalue weighted by Crippen LogP contribution is -2.09. The smallest absolute Gasteiger partial charge is 0.239 e. The van der Waals surface area contributed by atoms with Crippen molar-refractivity contribution >= 4 is 51.4 Å². The number of halogens is 2. The zero-order valence-corrected chi connectivity index (χ0v) is 14.1. The Balaban J connectivity index is 2.25. The molecule has 0 aliphatic carbocycles. The number of ether oxygens (including phenoxy) is 1. The average Bonchev–Trinajstić information content (AvgIpc) is 2.36. The summed E-state index contributed by atoms with van der Waals surface area (Å²) in [5.41, 5.74) is 7.14. The van der Waals surface area contributed by atoms with Crippen molar-refractivity contribution in [3.8, 4) is 5.88 Å². The Hall–Kier alpha value is -1.21. The van der Waals surface area contributed by atoms with E-state index in [1.165, 1.54) is 0 Å². The van der Waals surface area contributed by atoms with E-state index in [0.29, 0.717) is 22.4 Å². The Kier molecular flexibility index (Phi) is 4.93. The minimum atomic E-state index is 0.0157. The summed E-state index contributed by atoms with van der Waals surface area (Å²) in [5.74, 6) is 1.06. The number of nitrogens with zero attached hydrogens (tertiary/aromatic N) is 1. The monoisotopic (exact) mass is 403 g/mol. The van der Waals surface area contributed by atoms with Crippen molar-refractivity contribution in [1.29, 1.82) is 0 Å². The van der Waals surface area contributed by atoms with E-state index in [2.05, 4.69) is 32.9 Å². The molecule has 0 saturated carbocycles. The molecule has 0 aliphatic rings. The van der Waals surface area contributed by atoms with E-state index >= 15 is 0 Å². The zero-order chi connectivity index (χ0) is 14.7. The second-order valence-electron chi connectivity index (χ2n) is 4.51. The van der Waals surface area contributed by atoms with Gasteiger partial charge >= 0.3 is 0 Å². The van der Waals surface area contributed by atoms with Gasteiger partial charge in [0.1, 0.15) is 5.82 Å². The molecule has 0 unspecified atom stereocenters. The molecule has 0 bridgehead atoms. The Labute approximate surface area is 136 Å². The Bertz CT molecular complexity index is 619. The molecule has 0 atom stereocenters. The van der Waals surface area contributed by atoms with Crippen molar-refractivity contribution in [2.45, 2.75) is 20.0 Å². The summed E-state index contributed by atoms with van der Waals surface area (Å²) in [5, 5.41) is 3.80. The summed E-state index contributed by atoms with van der Waals surface area (Å²) in [6, 6.07) is 9.31. The lowest BCUT2D eigenvalue weighted by Gasteiger charge is -2.13. The molecule has 2 rings (SSSR count). The summed E-state index contributed by atoms with van der Waals surface area (Å²) in [4.78, 5) is 4.35. The van der Waals surface area contributed by atoms with Crippen LogP contribution < -0.4 is 15.8 Å². The van der Waals surface area contributed by atoms with Crippen molar-refractivity contribution in [3.05, 3.63) is 38.9 Å². The summed E-state index contributed by atoms with van der Waals surface area (Å²) < 4.78 is 6.64. The third kappa shape index (κ3) is 3.89. The molecule has 106 valence electrons. The third-order valence-electron chi connectivity index (χ3n) is 2.43. The molecule has 4 nitrogen and oxygen atoms in total. The van der Waals surface area contributed by atoms with Crippen LogP contribution in [-0.2, 0) is 0 Å². The first kappa shape index (κ1) is 15.2. The highest BCUT2D eigenvalue weighted by Crippen LogP contribution is 2.28. The molecule has 0 amide bonds. The summed E-state index contributed by atoms with van der Waals surface area (Å²) in [7, 11) is 0. The number of hydrogen-bond acceptors (Lipinski definition) is 4. The van der Waals surface area contributed by atoms with Crippen LogP contribution in [0.5, 0.6) is 5.88 Å². The first-order chi connectivity index (χ1) is 9.45. The highest BCUT2D eigenvalue weighted by molar-refractivity contribution is 14.1. The maximum absolute atomic E-state index is 6.18. The number of anilines is 3. The number of nitrogens with two attached hydrogens (primary N) is 1. The molecule has 1 aromatic carbocycles. The van der Waals surface area contributed by atoms with Crippen molar-refractivity contribution in [3.63, 3.8) is 0 Å². The highest BCUT2D eigenvalue weighted by Gasteiger charge is 2.08. The zero-order valence-electron chi connectivity index (χ0n) is 11.2. The van der Waals surface area contributed by atoms with Crippen LogP contribution in [0.15, 0.2) is 30.3 Å². The van der Waals surface area contributed by atoms with Crippen molar-refractivity contribution < 1.29 is 4.74 Å². The first-order valence-corrected chi connectivity index (χ1v) is 7.56.